The maximum Gasteiger partial charge on any atom is 0.0876 e. The molecule has 2 aromatic rings. The van der Waals surface area contributed by atoms with Gasteiger partial charge < -0.3 is 11.3 Å². The maximum absolute atomic E-state index is 5.42. The van der Waals surface area contributed by atoms with Gasteiger partial charge in [0.25, 0.3) is 0 Å². The van der Waals surface area contributed by atoms with E-state index in [9.17, 15) is 0 Å². The van der Waals surface area contributed by atoms with Crippen LogP contribution < -0.4 is 17.1 Å². The van der Waals surface area contributed by atoms with E-state index in [-0.39, 0.29) is 0 Å². The fourth-order valence-corrected chi connectivity index (χ4v) is 2.42. The summed E-state index contributed by atoms with van der Waals surface area (Å²) in [5, 5.41) is 7.15. The van der Waals surface area contributed by atoms with Gasteiger partial charge in [-0.25, -0.2) is 0 Å². The molecule has 2 aromatic carbocycles. The average Bonchev–Trinajstić information content (AvgIpc) is 2.48. The zero-order chi connectivity index (χ0) is 15.2. The van der Waals surface area contributed by atoms with Crippen LogP contribution in [0.25, 0.3) is 0 Å². The number of hydrazine groups is 1. The van der Waals surface area contributed by atoms with E-state index in [2.05, 4.69) is 47.8 Å². The zero-order valence-corrected chi connectivity index (χ0v) is 12.4. The molecule has 0 amide bonds. The fourth-order valence-electron chi connectivity index (χ4n) is 2.42. The van der Waals surface area contributed by atoms with Crippen molar-refractivity contribution in [3.8, 4) is 0 Å². The summed E-state index contributed by atoms with van der Waals surface area (Å²) in [5.74, 6) is 10.5. The molecule has 110 valence electrons. The third kappa shape index (κ3) is 3.79. The average molecular weight is 283 g/mol. The lowest BCUT2D eigenvalue weighted by molar-refractivity contribution is 0.938. The first kappa shape index (κ1) is 15.0. The molecule has 0 atom stereocenters. The van der Waals surface area contributed by atoms with E-state index in [1.165, 1.54) is 22.3 Å². The summed E-state index contributed by atoms with van der Waals surface area (Å²) in [4.78, 5) is 0. The lowest BCUT2D eigenvalue weighted by Gasteiger charge is -2.10. The molecule has 0 fully saturated rings. The van der Waals surface area contributed by atoms with E-state index >= 15 is 0 Å². The standard InChI is InChI=1S/C16H21N5/c1-11-9-15(19-17)7-5-13(11)3-4-14-6-8-16(20-21-18)10-12(14)2/h5-10,19H,3-4,17H2,1-2H3,(H2,18,20). The Kier molecular flexibility index (Phi) is 4.90. The molecule has 0 saturated carbocycles. The van der Waals surface area contributed by atoms with Crippen molar-refractivity contribution in [3.63, 3.8) is 0 Å². The van der Waals surface area contributed by atoms with Crippen LogP contribution in [0.4, 0.5) is 11.4 Å². The predicted octanol–water partition coefficient (Wildman–Crippen LogP) is 3.33. The van der Waals surface area contributed by atoms with Crippen LogP contribution in [0.3, 0.4) is 0 Å². The molecule has 0 unspecified atom stereocenters. The van der Waals surface area contributed by atoms with E-state index in [1.54, 1.807) is 0 Å². The summed E-state index contributed by atoms with van der Waals surface area (Å²) in [6, 6.07) is 12.2. The highest BCUT2D eigenvalue weighted by atomic mass is 15.3. The summed E-state index contributed by atoms with van der Waals surface area (Å²) in [7, 11) is 0. The smallest absolute Gasteiger partial charge is 0.0876 e. The summed E-state index contributed by atoms with van der Waals surface area (Å²) in [6.07, 6.45) is 1.98. The van der Waals surface area contributed by atoms with Crippen molar-refractivity contribution >= 4 is 11.4 Å². The third-order valence-corrected chi connectivity index (χ3v) is 3.67. The van der Waals surface area contributed by atoms with Gasteiger partial charge in [0, 0.05) is 5.69 Å². The van der Waals surface area contributed by atoms with Crippen molar-refractivity contribution in [2.45, 2.75) is 26.7 Å². The van der Waals surface area contributed by atoms with Crippen molar-refractivity contribution in [2.24, 2.45) is 22.0 Å². The summed E-state index contributed by atoms with van der Waals surface area (Å²) in [5.41, 5.74) is 9.48. The van der Waals surface area contributed by atoms with E-state index < -0.39 is 0 Å². The first-order valence-electron chi connectivity index (χ1n) is 6.90. The van der Waals surface area contributed by atoms with E-state index in [0.717, 1.165) is 24.2 Å². The zero-order valence-electron chi connectivity index (χ0n) is 12.4. The second kappa shape index (κ2) is 6.85. The summed E-state index contributed by atoms with van der Waals surface area (Å²) in [6.45, 7) is 4.19. The molecule has 0 aliphatic rings. The van der Waals surface area contributed by atoms with Gasteiger partial charge in [-0.3, -0.25) is 5.84 Å². The summed E-state index contributed by atoms with van der Waals surface area (Å²) >= 11 is 0. The second-order valence-electron chi connectivity index (χ2n) is 5.11. The molecule has 0 spiro atoms. The Balaban J connectivity index is 2.09. The van der Waals surface area contributed by atoms with Gasteiger partial charge in [-0.15, -0.1) is 5.11 Å². The highest BCUT2D eigenvalue weighted by molar-refractivity contribution is 5.48. The molecule has 0 radical (unpaired) electrons. The minimum absolute atomic E-state index is 0.785. The van der Waals surface area contributed by atoms with Crippen LogP contribution in [0.5, 0.6) is 0 Å². The lowest BCUT2D eigenvalue weighted by atomic mass is 9.97. The Labute approximate surface area is 125 Å². The predicted molar refractivity (Wildman–Crippen MR) is 86.3 cm³/mol. The van der Waals surface area contributed by atoms with Crippen molar-refractivity contribution < 1.29 is 0 Å². The van der Waals surface area contributed by atoms with Gasteiger partial charge in [0.2, 0.25) is 0 Å². The number of aryl methyl sites for hydroxylation is 4. The number of hydrogen-bond acceptors (Lipinski definition) is 4. The minimum atomic E-state index is 0.785. The monoisotopic (exact) mass is 283 g/mol. The number of nitrogen functional groups attached to an aromatic ring is 1. The SMILES string of the molecule is Cc1cc(N=NN)ccc1CCc1ccc(NN)cc1C. The van der Waals surface area contributed by atoms with Gasteiger partial charge >= 0.3 is 0 Å². The van der Waals surface area contributed by atoms with E-state index in [4.69, 9.17) is 11.7 Å². The van der Waals surface area contributed by atoms with Gasteiger partial charge in [0.1, 0.15) is 0 Å². The number of hydrogen-bond donors (Lipinski definition) is 3. The summed E-state index contributed by atoms with van der Waals surface area (Å²) < 4.78 is 0. The van der Waals surface area contributed by atoms with Crippen LogP contribution in [0.1, 0.15) is 22.3 Å². The number of anilines is 1. The molecular weight excluding hydrogens is 262 g/mol. The van der Waals surface area contributed by atoms with E-state index in [1.807, 2.05) is 18.2 Å². The first-order chi connectivity index (χ1) is 10.1. The number of nitrogens with zero attached hydrogens (tertiary/aromatic N) is 2. The normalized spacial score (nSPS) is 11.0. The van der Waals surface area contributed by atoms with Crippen LogP contribution in [0.15, 0.2) is 46.7 Å². The molecule has 5 heteroatoms. The molecule has 0 aliphatic carbocycles. The van der Waals surface area contributed by atoms with Crippen LogP contribution in [0.2, 0.25) is 0 Å². The van der Waals surface area contributed by atoms with E-state index in [0.29, 0.717) is 0 Å². The lowest BCUT2D eigenvalue weighted by Crippen LogP contribution is -2.07. The minimum Gasteiger partial charge on any atom is -0.324 e. The number of rotatable bonds is 5. The van der Waals surface area contributed by atoms with Crippen molar-refractivity contribution in [3.05, 3.63) is 58.7 Å². The van der Waals surface area contributed by atoms with Crippen LogP contribution in [-0.2, 0) is 12.8 Å². The molecule has 0 aromatic heterocycles. The third-order valence-electron chi connectivity index (χ3n) is 3.67. The van der Waals surface area contributed by atoms with Crippen molar-refractivity contribution in [1.82, 2.24) is 0 Å². The molecule has 5 nitrogen and oxygen atoms in total. The topological polar surface area (TPSA) is 88.8 Å². The molecule has 0 saturated heterocycles. The molecule has 21 heavy (non-hydrogen) atoms. The Hall–Kier alpha value is -2.40. The van der Waals surface area contributed by atoms with Crippen LogP contribution in [-0.4, -0.2) is 0 Å². The Morgan fingerprint density at radius 1 is 0.952 bits per heavy atom. The fraction of sp³-hybridized carbons (Fsp3) is 0.250. The molecule has 0 bridgehead atoms. The number of nitrogens with two attached hydrogens (primary N) is 2. The molecule has 0 aliphatic heterocycles. The highest BCUT2D eigenvalue weighted by Crippen LogP contribution is 2.21. The maximum atomic E-state index is 5.42. The van der Waals surface area contributed by atoms with Gasteiger partial charge in [0.15, 0.2) is 0 Å². The molecular formula is C16H21N5. The van der Waals surface area contributed by atoms with Crippen molar-refractivity contribution in [2.75, 3.05) is 5.43 Å². The molecule has 5 N–H and O–H groups in total. The highest BCUT2D eigenvalue weighted by Gasteiger charge is 2.04. The Morgan fingerprint density at radius 2 is 1.57 bits per heavy atom. The molecule has 2 rings (SSSR count). The van der Waals surface area contributed by atoms with Gasteiger partial charge in [-0.05, 0) is 73.2 Å². The second-order valence-corrected chi connectivity index (χ2v) is 5.11. The Bertz CT molecular complexity index is 649. The van der Waals surface area contributed by atoms with Crippen molar-refractivity contribution in [1.29, 1.82) is 0 Å². The number of nitrogens with one attached hydrogen (secondary N) is 1. The van der Waals surface area contributed by atoms with Crippen LogP contribution in [0, 0.1) is 13.8 Å². The largest absolute Gasteiger partial charge is 0.324 e. The van der Waals surface area contributed by atoms with Gasteiger partial charge in [-0.1, -0.05) is 17.4 Å². The van der Waals surface area contributed by atoms with Gasteiger partial charge in [-0.2, -0.15) is 0 Å². The van der Waals surface area contributed by atoms with Gasteiger partial charge in [0.05, 0.1) is 5.69 Å². The number of benzene rings is 2. The quantitative estimate of drug-likeness (QED) is 0.446. The Morgan fingerprint density at radius 3 is 2.10 bits per heavy atom. The molecule has 0 heterocycles. The van der Waals surface area contributed by atoms with Crippen LogP contribution >= 0.6 is 0 Å². The first-order valence-corrected chi connectivity index (χ1v) is 6.90.